The van der Waals surface area contributed by atoms with Gasteiger partial charge < -0.3 is 0 Å². The molecule has 0 unspecified atom stereocenters. The Kier molecular flexibility index (Phi) is 4.60. The number of hydrogen-bond acceptors (Lipinski definition) is 3. The summed E-state index contributed by atoms with van der Waals surface area (Å²) in [6.45, 7) is 2.00. The van der Waals surface area contributed by atoms with E-state index in [-0.39, 0.29) is 10.7 Å². The molecule has 1 aliphatic rings. The lowest BCUT2D eigenvalue weighted by molar-refractivity contribution is 0.101. The maximum atomic E-state index is 12.5. The SMILES string of the molecule is CC(=O)c1cccc(S(=O)(=O)N(C)CC2CCCC2)c1. The molecule has 0 heterocycles. The molecule has 0 spiro atoms. The number of hydrogen-bond donors (Lipinski definition) is 0. The van der Waals surface area contributed by atoms with Crippen LogP contribution in [0.4, 0.5) is 0 Å². The Morgan fingerprint density at radius 1 is 1.30 bits per heavy atom. The molecule has 1 aromatic rings. The Labute approximate surface area is 120 Å². The Morgan fingerprint density at radius 3 is 2.55 bits per heavy atom. The monoisotopic (exact) mass is 295 g/mol. The van der Waals surface area contributed by atoms with Gasteiger partial charge in [-0.05, 0) is 37.8 Å². The molecule has 1 fully saturated rings. The second-order valence-corrected chi connectivity index (χ2v) is 7.56. The van der Waals surface area contributed by atoms with Crippen molar-refractivity contribution in [1.29, 1.82) is 0 Å². The Balaban J connectivity index is 2.20. The van der Waals surface area contributed by atoms with E-state index >= 15 is 0 Å². The van der Waals surface area contributed by atoms with Gasteiger partial charge in [-0.3, -0.25) is 4.79 Å². The van der Waals surface area contributed by atoms with Crippen LogP contribution in [0.25, 0.3) is 0 Å². The third-order valence-corrected chi connectivity index (χ3v) is 5.76. The summed E-state index contributed by atoms with van der Waals surface area (Å²) in [6.07, 6.45) is 4.59. The molecule has 5 heteroatoms. The molecule has 0 saturated heterocycles. The molecular weight excluding hydrogens is 274 g/mol. The fourth-order valence-electron chi connectivity index (χ4n) is 2.71. The van der Waals surface area contributed by atoms with E-state index in [0.717, 1.165) is 12.8 Å². The number of carbonyl (C=O) groups excluding carboxylic acids is 1. The van der Waals surface area contributed by atoms with Crippen molar-refractivity contribution in [3.63, 3.8) is 0 Å². The highest BCUT2D eigenvalue weighted by Crippen LogP contribution is 2.27. The van der Waals surface area contributed by atoms with Crippen LogP contribution in [0.15, 0.2) is 29.2 Å². The molecule has 0 N–H and O–H groups in total. The van der Waals surface area contributed by atoms with E-state index in [2.05, 4.69) is 0 Å². The van der Waals surface area contributed by atoms with Crippen LogP contribution in [0.5, 0.6) is 0 Å². The standard InChI is InChI=1S/C15H21NO3S/c1-12(17)14-8-5-9-15(10-14)20(18,19)16(2)11-13-6-3-4-7-13/h5,8-10,13H,3-4,6-7,11H2,1-2H3. The van der Waals surface area contributed by atoms with Gasteiger partial charge in [0.2, 0.25) is 10.0 Å². The molecule has 0 bridgehead atoms. The van der Waals surface area contributed by atoms with Crippen LogP contribution in [0.2, 0.25) is 0 Å². The quantitative estimate of drug-likeness (QED) is 0.785. The van der Waals surface area contributed by atoms with Gasteiger partial charge in [-0.15, -0.1) is 0 Å². The summed E-state index contributed by atoms with van der Waals surface area (Å²) in [5, 5.41) is 0. The predicted molar refractivity (Wildman–Crippen MR) is 78.2 cm³/mol. The first-order valence-corrected chi connectivity index (χ1v) is 8.42. The summed E-state index contributed by atoms with van der Waals surface area (Å²) in [6, 6.07) is 6.26. The number of ketones is 1. The van der Waals surface area contributed by atoms with Crippen molar-refractivity contribution in [1.82, 2.24) is 4.31 Å². The first-order chi connectivity index (χ1) is 9.41. The van der Waals surface area contributed by atoms with E-state index in [4.69, 9.17) is 0 Å². The van der Waals surface area contributed by atoms with Gasteiger partial charge in [0.25, 0.3) is 0 Å². The number of sulfonamides is 1. The molecule has 110 valence electrons. The minimum atomic E-state index is -3.50. The zero-order chi connectivity index (χ0) is 14.8. The van der Waals surface area contributed by atoms with E-state index in [0.29, 0.717) is 18.0 Å². The maximum absolute atomic E-state index is 12.5. The number of Topliss-reactive ketones (excluding diaryl/α,β-unsaturated/α-hetero) is 1. The zero-order valence-corrected chi connectivity index (χ0v) is 12.8. The fourth-order valence-corrected chi connectivity index (χ4v) is 4.00. The molecule has 2 rings (SSSR count). The van der Waals surface area contributed by atoms with Gasteiger partial charge in [-0.25, -0.2) is 12.7 Å². The summed E-state index contributed by atoms with van der Waals surface area (Å²) >= 11 is 0. The second kappa shape index (κ2) is 6.06. The van der Waals surface area contributed by atoms with Crippen molar-refractivity contribution in [2.75, 3.05) is 13.6 Å². The fraction of sp³-hybridized carbons (Fsp3) is 0.533. The average Bonchev–Trinajstić information content (AvgIpc) is 2.91. The Bertz CT molecular complexity index is 589. The molecule has 4 nitrogen and oxygen atoms in total. The van der Waals surface area contributed by atoms with Crippen molar-refractivity contribution in [2.24, 2.45) is 5.92 Å². The maximum Gasteiger partial charge on any atom is 0.242 e. The summed E-state index contributed by atoms with van der Waals surface area (Å²) < 4.78 is 26.4. The highest BCUT2D eigenvalue weighted by atomic mass is 32.2. The van der Waals surface area contributed by atoms with Crippen LogP contribution >= 0.6 is 0 Å². The summed E-state index contributed by atoms with van der Waals surface area (Å²) in [7, 11) is -1.88. The minimum Gasteiger partial charge on any atom is -0.295 e. The number of benzene rings is 1. The van der Waals surface area contributed by atoms with Crippen LogP contribution in [-0.4, -0.2) is 32.1 Å². The lowest BCUT2D eigenvalue weighted by Gasteiger charge is -2.21. The molecular formula is C15H21NO3S. The number of rotatable bonds is 5. The van der Waals surface area contributed by atoms with E-state index < -0.39 is 10.0 Å². The largest absolute Gasteiger partial charge is 0.295 e. The van der Waals surface area contributed by atoms with Gasteiger partial charge in [0.15, 0.2) is 5.78 Å². The first-order valence-electron chi connectivity index (χ1n) is 6.98. The van der Waals surface area contributed by atoms with Crippen LogP contribution in [-0.2, 0) is 10.0 Å². The van der Waals surface area contributed by atoms with Gasteiger partial charge in [0.1, 0.15) is 0 Å². The zero-order valence-electron chi connectivity index (χ0n) is 12.0. The first kappa shape index (κ1) is 15.2. The molecule has 0 aliphatic heterocycles. The normalized spacial score (nSPS) is 16.8. The predicted octanol–water partition coefficient (Wildman–Crippen LogP) is 2.70. The van der Waals surface area contributed by atoms with Gasteiger partial charge in [0, 0.05) is 19.2 Å². The number of carbonyl (C=O) groups is 1. The Morgan fingerprint density at radius 2 is 1.95 bits per heavy atom. The lowest BCUT2D eigenvalue weighted by Crippen LogP contribution is -2.31. The van der Waals surface area contributed by atoms with Crippen LogP contribution < -0.4 is 0 Å². The molecule has 20 heavy (non-hydrogen) atoms. The van der Waals surface area contributed by atoms with Crippen molar-refractivity contribution >= 4 is 15.8 Å². The molecule has 0 radical (unpaired) electrons. The molecule has 1 aliphatic carbocycles. The van der Waals surface area contributed by atoms with Crippen LogP contribution in [0, 0.1) is 5.92 Å². The highest BCUT2D eigenvalue weighted by molar-refractivity contribution is 7.89. The second-order valence-electron chi connectivity index (χ2n) is 5.52. The van der Waals surface area contributed by atoms with Crippen molar-refractivity contribution in [2.45, 2.75) is 37.5 Å². The molecule has 0 aromatic heterocycles. The van der Waals surface area contributed by atoms with Gasteiger partial charge >= 0.3 is 0 Å². The highest BCUT2D eigenvalue weighted by Gasteiger charge is 2.25. The van der Waals surface area contributed by atoms with Gasteiger partial charge in [-0.1, -0.05) is 25.0 Å². The van der Waals surface area contributed by atoms with Gasteiger partial charge in [0.05, 0.1) is 4.90 Å². The molecule has 1 aromatic carbocycles. The van der Waals surface area contributed by atoms with E-state index in [1.165, 1.54) is 30.1 Å². The lowest BCUT2D eigenvalue weighted by atomic mass is 10.1. The Hall–Kier alpha value is -1.20. The minimum absolute atomic E-state index is 0.125. The smallest absolute Gasteiger partial charge is 0.242 e. The van der Waals surface area contributed by atoms with Crippen molar-refractivity contribution in [3.05, 3.63) is 29.8 Å². The van der Waals surface area contributed by atoms with E-state index in [9.17, 15) is 13.2 Å². The van der Waals surface area contributed by atoms with Crippen molar-refractivity contribution in [3.8, 4) is 0 Å². The third kappa shape index (κ3) is 3.27. The molecule has 0 atom stereocenters. The van der Waals surface area contributed by atoms with Crippen LogP contribution in [0.1, 0.15) is 43.0 Å². The summed E-state index contributed by atoms with van der Waals surface area (Å²) in [4.78, 5) is 11.6. The number of nitrogens with zero attached hydrogens (tertiary/aromatic N) is 1. The van der Waals surface area contributed by atoms with E-state index in [1.807, 2.05) is 0 Å². The van der Waals surface area contributed by atoms with Crippen LogP contribution in [0.3, 0.4) is 0 Å². The molecule has 1 saturated carbocycles. The van der Waals surface area contributed by atoms with Crippen molar-refractivity contribution < 1.29 is 13.2 Å². The summed E-state index contributed by atoms with van der Waals surface area (Å²) in [5.41, 5.74) is 0.431. The van der Waals surface area contributed by atoms with E-state index in [1.54, 1.807) is 25.2 Å². The molecule has 0 amide bonds. The third-order valence-electron chi connectivity index (χ3n) is 3.94. The average molecular weight is 295 g/mol. The topological polar surface area (TPSA) is 54.5 Å². The summed E-state index contributed by atoms with van der Waals surface area (Å²) in [5.74, 6) is 0.339. The van der Waals surface area contributed by atoms with Gasteiger partial charge in [-0.2, -0.15) is 0 Å².